The van der Waals surface area contributed by atoms with E-state index < -0.39 is 11.6 Å². The van der Waals surface area contributed by atoms with Crippen LogP contribution >= 0.6 is 15.9 Å². The lowest BCUT2D eigenvalue weighted by molar-refractivity contribution is -0.155. The van der Waals surface area contributed by atoms with Crippen LogP contribution in [0.3, 0.4) is 0 Å². The third kappa shape index (κ3) is 2.98. The average molecular weight is 353 g/mol. The first-order valence-corrected chi connectivity index (χ1v) is 8.10. The summed E-state index contributed by atoms with van der Waals surface area (Å²) < 4.78 is 0.971. The molecule has 0 bridgehead atoms. The minimum absolute atomic E-state index is 0.0135. The number of hydrogen-bond acceptors (Lipinski definition) is 2. The van der Waals surface area contributed by atoms with Gasteiger partial charge >= 0.3 is 0 Å². The van der Waals surface area contributed by atoms with Gasteiger partial charge in [-0.2, -0.15) is 0 Å². The zero-order valence-electron chi connectivity index (χ0n) is 12.6. The number of amides is 2. The van der Waals surface area contributed by atoms with Gasteiger partial charge in [-0.25, -0.2) is 0 Å². The zero-order valence-corrected chi connectivity index (χ0v) is 14.2. The molecular formula is C16H21BrN2O2. The quantitative estimate of drug-likeness (QED) is 0.905. The lowest BCUT2D eigenvalue weighted by Crippen LogP contribution is -2.69. The third-order valence-corrected chi connectivity index (χ3v) is 4.82. The average Bonchev–Trinajstić information content (AvgIpc) is 2.48. The zero-order chi connectivity index (χ0) is 15.6. The molecular weight excluding hydrogens is 332 g/mol. The van der Waals surface area contributed by atoms with Crippen molar-refractivity contribution in [3.63, 3.8) is 0 Å². The normalized spacial score (nSPS) is 21.3. The molecule has 0 aliphatic carbocycles. The number of hydrogen-bond donors (Lipinski definition) is 1. The van der Waals surface area contributed by atoms with Gasteiger partial charge in [0.15, 0.2) is 0 Å². The summed E-state index contributed by atoms with van der Waals surface area (Å²) in [6, 6.07) is 7.39. The molecule has 1 aliphatic rings. The van der Waals surface area contributed by atoms with E-state index in [-0.39, 0.29) is 11.8 Å². The van der Waals surface area contributed by atoms with Gasteiger partial charge in [0.2, 0.25) is 11.8 Å². The first-order chi connectivity index (χ1) is 9.93. The lowest BCUT2D eigenvalue weighted by atomic mass is 9.87. The Morgan fingerprint density at radius 3 is 2.52 bits per heavy atom. The largest absolute Gasteiger partial charge is 0.340 e. The molecule has 2 amide bonds. The number of benzene rings is 1. The van der Waals surface area contributed by atoms with E-state index in [1.54, 1.807) is 11.8 Å². The maximum atomic E-state index is 12.9. The van der Waals surface area contributed by atoms with E-state index in [0.717, 1.165) is 10.0 Å². The van der Waals surface area contributed by atoms with Gasteiger partial charge in [0.05, 0.1) is 0 Å². The number of piperazine rings is 1. The summed E-state index contributed by atoms with van der Waals surface area (Å²) in [5.41, 5.74) is 0.260. The standard InChI is InChI=1S/C16H21BrN2O2/c1-4-16(5-2)15(21)19(11(3)14(20)18-16)10-12-7-6-8-13(17)9-12/h6-9,11H,4-5,10H2,1-3H3,(H,18,20). The highest BCUT2D eigenvalue weighted by molar-refractivity contribution is 9.10. The highest BCUT2D eigenvalue weighted by atomic mass is 79.9. The predicted octanol–water partition coefficient (Wildman–Crippen LogP) is 2.85. The SMILES string of the molecule is CCC1(CC)NC(=O)C(C)N(Cc2cccc(Br)c2)C1=O. The molecule has 1 unspecified atom stereocenters. The second kappa shape index (κ2) is 6.18. The van der Waals surface area contributed by atoms with E-state index >= 15 is 0 Å². The van der Waals surface area contributed by atoms with Crippen LogP contribution in [0.15, 0.2) is 28.7 Å². The van der Waals surface area contributed by atoms with Crippen molar-refractivity contribution >= 4 is 27.7 Å². The molecule has 4 nitrogen and oxygen atoms in total. The predicted molar refractivity (Wildman–Crippen MR) is 85.6 cm³/mol. The molecule has 1 N–H and O–H groups in total. The maximum Gasteiger partial charge on any atom is 0.249 e. The lowest BCUT2D eigenvalue weighted by Gasteiger charge is -2.44. The van der Waals surface area contributed by atoms with Gasteiger partial charge in [-0.1, -0.05) is 41.9 Å². The Morgan fingerprint density at radius 1 is 1.29 bits per heavy atom. The smallest absolute Gasteiger partial charge is 0.249 e. The van der Waals surface area contributed by atoms with Crippen LogP contribution in [0, 0.1) is 0 Å². The summed E-state index contributed by atoms with van der Waals surface area (Å²) in [5, 5.41) is 2.92. The molecule has 1 aromatic carbocycles. The monoisotopic (exact) mass is 352 g/mol. The van der Waals surface area contributed by atoms with E-state index in [1.165, 1.54) is 0 Å². The van der Waals surface area contributed by atoms with E-state index in [2.05, 4.69) is 21.2 Å². The Morgan fingerprint density at radius 2 is 1.95 bits per heavy atom. The highest BCUT2D eigenvalue weighted by Crippen LogP contribution is 2.26. The fourth-order valence-electron chi connectivity index (χ4n) is 2.76. The molecule has 114 valence electrons. The minimum Gasteiger partial charge on any atom is -0.340 e. The minimum atomic E-state index is -0.754. The maximum absolute atomic E-state index is 12.9. The summed E-state index contributed by atoms with van der Waals surface area (Å²) in [5.74, 6) is -0.0622. The van der Waals surface area contributed by atoms with Gasteiger partial charge in [-0.05, 0) is 37.5 Å². The van der Waals surface area contributed by atoms with Gasteiger partial charge in [-0.15, -0.1) is 0 Å². The van der Waals surface area contributed by atoms with E-state index in [4.69, 9.17) is 0 Å². The number of carbonyl (C=O) groups is 2. The van der Waals surface area contributed by atoms with Gasteiger partial charge in [0, 0.05) is 11.0 Å². The third-order valence-electron chi connectivity index (χ3n) is 4.33. The molecule has 0 aromatic heterocycles. The highest BCUT2D eigenvalue weighted by Gasteiger charge is 2.47. The molecule has 5 heteroatoms. The van der Waals surface area contributed by atoms with Crippen molar-refractivity contribution in [1.29, 1.82) is 0 Å². The van der Waals surface area contributed by atoms with Crippen molar-refractivity contribution in [3.05, 3.63) is 34.3 Å². The molecule has 2 rings (SSSR count). The molecule has 1 atom stereocenters. The molecule has 1 fully saturated rings. The van der Waals surface area contributed by atoms with Crippen LogP contribution in [0.1, 0.15) is 39.2 Å². The van der Waals surface area contributed by atoms with Gasteiger partial charge < -0.3 is 10.2 Å². The van der Waals surface area contributed by atoms with Crippen molar-refractivity contribution < 1.29 is 9.59 Å². The van der Waals surface area contributed by atoms with E-state index in [1.807, 2.05) is 38.1 Å². The molecule has 1 aliphatic heterocycles. The van der Waals surface area contributed by atoms with Gasteiger partial charge in [0.25, 0.3) is 0 Å². The summed E-state index contributed by atoms with van der Waals surface area (Å²) in [7, 11) is 0. The fraction of sp³-hybridized carbons (Fsp3) is 0.500. The van der Waals surface area contributed by atoms with Crippen LogP contribution in [0.4, 0.5) is 0 Å². The first kappa shape index (κ1) is 16.0. The van der Waals surface area contributed by atoms with Crippen LogP contribution < -0.4 is 5.32 Å². The molecule has 1 saturated heterocycles. The van der Waals surface area contributed by atoms with Crippen LogP contribution in [0.25, 0.3) is 0 Å². The van der Waals surface area contributed by atoms with Crippen molar-refractivity contribution in [1.82, 2.24) is 10.2 Å². The number of nitrogens with zero attached hydrogens (tertiary/aromatic N) is 1. The molecule has 1 heterocycles. The molecule has 1 aromatic rings. The Kier molecular flexibility index (Phi) is 4.71. The van der Waals surface area contributed by atoms with Crippen molar-refractivity contribution in [2.24, 2.45) is 0 Å². The molecule has 0 saturated carbocycles. The number of carbonyl (C=O) groups excluding carboxylic acids is 2. The summed E-state index contributed by atoms with van der Waals surface area (Å²) in [6.45, 7) is 6.11. The molecule has 21 heavy (non-hydrogen) atoms. The fourth-order valence-corrected chi connectivity index (χ4v) is 3.20. The van der Waals surface area contributed by atoms with Crippen molar-refractivity contribution in [2.45, 2.75) is 51.7 Å². The van der Waals surface area contributed by atoms with Gasteiger partial charge in [-0.3, -0.25) is 9.59 Å². The van der Waals surface area contributed by atoms with E-state index in [0.29, 0.717) is 19.4 Å². The topological polar surface area (TPSA) is 49.4 Å². The first-order valence-electron chi connectivity index (χ1n) is 7.31. The van der Waals surface area contributed by atoms with Crippen LogP contribution in [-0.4, -0.2) is 28.3 Å². The Bertz CT molecular complexity index is 555. The van der Waals surface area contributed by atoms with Crippen LogP contribution in [0.5, 0.6) is 0 Å². The Balaban J connectivity index is 2.31. The number of rotatable bonds is 4. The summed E-state index contributed by atoms with van der Waals surface area (Å²) in [6.07, 6.45) is 1.21. The second-order valence-corrected chi connectivity index (χ2v) is 6.43. The molecule has 0 spiro atoms. The molecule has 0 radical (unpaired) electrons. The number of halogens is 1. The van der Waals surface area contributed by atoms with Crippen LogP contribution in [0.2, 0.25) is 0 Å². The van der Waals surface area contributed by atoms with Gasteiger partial charge in [0.1, 0.15) is 11.6 Å². The summed E-state index contributed by atoms with van der Waals surface area (Å²) in [4.78, 5) is 26.8. The van der Waals surface area contributed by atoms with E-state index in [9.17, 15) is 9.59 Å². The Hall–Kier alpha value is -1.36. The van der Waals surface area contributed by atoms with Crippen molar-refractivity contribution in [3.8, 4) is 0 Å². The summed E-state index contributed by atoms with van der Waals surface area (Å²) >= 11 is 3.44. The number of nitrogens with one attached hydrogen (secondary N) is 1. The van der Waals surface area contributed by atoms with Crippen LogP contribution in [-0.2, 0) is 16.1 Å². The van der Waals surface area contributed by atoms with Crippen molar-refractivity contribution in [2.75, 3.05) is 0 Å². The second-order valence-electron chi connectivity index (χ2n) is 5.52. The Labute approximate surface area is 134 Å².